The van der Waals surface area contributed by atoms with Crippen LogP contribution in [0.5, 0.6) is 11.5 Å². The van der Waals surface area contributed by atoms with Crippen molar-refractivity contribution in [2.75, 3.05) is 0 Å². The summed E-state index contributed by atoms with van der Waals surface area (Å²) in [5, 5.41) is 3.53. The minimum Gasteiger partial charge on any atom is -0.455 e. The van der Waals surface area contributed by atoms with Gasteiger partial charge in [0.25, 0.3) is 0 Å². The molecular weight excluding hydrogens is 260 g/mol. The molecule has 1 aliphatic rings. The molecule has 0 spiro atoms. The van der Waals surface area contributed by atoms with Crippen LogP contribution in [0.3, 0.4) is 0 Å². The lowest BCUT2D eigenvalue weighted by atomic mass is 10.0. The van der Waals surface area contributed by atoms with E-state index in [9.17, 15) is 0 Å². The molecule has 2 aromatic rings. The smallest absolute Gasteiger partial charge is 0.150 e. The molecule has 1 aromatic carbocycles. The fraction of sp³-hybridized carbons (Fsp3) is 0.389. The highest BCUT2D eigenvalue weighted by molar-refractivity contribution is 5.41. The van der Waals surface area contributed by atoms with E-state index in [-0.39, 0.29) is 0 Å². The van der Waals surface area contributed by atoms with Crippen LogP contribution in [0.2, 0.25) is 0 Å². The zero-order chi connectivity index (χ0) is 14.7. The van der Waals surface area contributed by atoms with Gasteiger partial charge in [0.1, 0.15) is 11.5 Å². The number of ether oxygens (including phenoxy) is 1. The summed E-state index contributed by atoms with van der Waals surface area (Å²) in [7, 11) is 0. The second-order valence-corrected chi connectivity index (χ2v) is 5.93. The van der Waals surface area contributed by atoms with Crippen LogP contribution >= 0.6 is 0 Å². The molecule has 0 atom stereocenters. The largest absolute Gasteiger partial charge is 0.455 e. The molecule has 0 amide bonds. The van der Waals surface area contributed by atoms with E-state index in [0.717, 1.165) is 23.6 Å². The van der Waals surface area contributed by atoms with Gasteiger partial charge in [-0.15, -0.1) is 0 Å². The lowest BCUT2D eigenvalue weighted by Crippen LogP contribution is -2.15. The van der Waals surface area contributed by atoms with E-state index in [2.05, 4.69) is 36.3 Å². The van der Waals surface area contributed by atoms with Crippen LogP contribution in [0.15, 0.2) is 42.7 Å². The first-order valence-electron chi connectivity index (χ1n) is 7.67. The van der Waals surface area contributed by atoms with Gasteiger partial charge in [0, 0.05) is 24.3 Å². The maximum absolute atomic E-state index is 6.15. The number of hydrogen-bond acceptors (Lipinski definition) is 3. The maximum Gasteiger partial charge on any atom is 0.150 e. The van der Waals surface area contributed by atoms with Gasteiger partial charge < -0.3 is 10.1 Å². The molecule has 0 bridgehead atoms. The predicted molar refractivity (Wildman–Crippen MR) is 84.7 cm³/mol. The minimum atomic E-state index is 0.436. The van der Waals surface area contributed by atoms with Crippen LogP contribution < -0.4 is 10.1 Å². The summed E-state index contributed by atoms with van der Waals surface area (Å²) in [4.78, 5) is 4.21. The average molecular weight is 282 g/mol. The van der Waals surface area contributed by atoms with Gasteiger partial charge in [-0.3, -0.25) is 4.98 Å². The molecule has 3 rings (SSSR count). The number of rotatable bonds is 6. The highest BCUT2D eigenvalue weighted by Gasteiger charge is 2.20. The first-order chi connectivity index (χ1) is 10.2. The van der Waals surface area contributed by atoms with Gasteiger partial charge in [-0.2, -0.15) is 0 Å². The van der Waals surface area contributed by atoms with Gasteiger partial charge in [-0.1, -0.05) is 32.0 Å². The predicted octanol–water partition coefficient (Wildman–Crippen LogP) is 4.25. The Morgan fingerprint density at radius 2 is 2.00 bits per heavy atom. The van der Waals surface area contributed by atoms with Gasteiger partial charge >= 0.3 is 0 Å². The molecule has 3 heteroatoms. The zero-order valence-electron chi connectivity index (χ0n) is 12.7. The number of pyridine rings is 1. The summed E-state index contributed by atoms with van der Waals surface area (Å²) in [6.45, 7) is 5.20. The zero-order valence-corrected chi connectivity index (χ0v) is 12.7. The Morgan fingerprint density at radius 3 is 2.76 bits per heavy atom. The van der Waals surface area contributed by atoms with Crippen LogP contribution in [-0.2, 0) is 6.54 Å². The monoisotopic (exact) mass is 282 g/mol. The van der Waals surface area contributed by atoms with Crippen molar-refractivity contribution >= 4 is 0 Å². The molecule has 1 saturated carbocycles. The number of nitrogens with zero attached hydrogens (tertiary/aromatic N) is 1. The van der Waals surface area contributed by atoms with E-state index in [4.69, 9.17) is 4.74 Å². The molecular formula is C18H22N2O. The van der Waals surface area contributed by atoms with Crippen molar-refractivity contribution in [1.82, 2.24) is 10.3 Å². The second-order valence-electron chi connectivity index (χ2n) is 5.93. The number of aromatic nitrogens is 1. The topological polar surface area (TPSA) is 34.1 Å². The number of nitrogens with one attached hydrogen (secondary N) is 1. The fourth-order valence-electron chi connectivity index (χ4n) is 2.36. The molecule has 0 aliphatic heterocycles. The molecule has 1 fully saturated rings. The van der Waals surface area contributed by atoms with Gasteiger partial charge in [0.15, 0.2) is 0 Å². The normalized spacial score (nSPS) is 14.4. The van der Waals surface area contributed by atoms with Crippen LogP contribution in [0.1, 0.15) is 43.7 Å². The molecule has 1 aliphatic carbocycles. The summed E-state index contributed by atoms with van der Waals surface area (Å²) in [5.41, 5.74) is 2.39. The third kappa shape index (κ3) is 3.61. The lowest BCUT2D eigenvalue weighted by Gasteiger charge is -2.15. The maximum atomic E-state index is 6.15. The van der Waals surface area contributed by atoms with Crippen molar-refractivity contribution in [2.45, 2.75) is 45.2 Å². The summed E-state index contributed by atoms with van der Waals surface area (Å²) in [5.74, 6) is 2.21. The number of benzene rings is 1. The summed E-state index contributed by atoms with van der Waals surface area (Å²) in [6.07, 6.45) is 6.21. The molecule has 1 aromatic heterocycles. The van der Waals surface area contributed by atoms with Crippen LogP contribution in [0.25, 0.3) is 0 Å². The highest BCUT2D eigenvalue weighted by Crippen LogP contribution is 2.31. The van der Waals surface area contributed by atoms with Gasteiger partial charge in [0.2, 0.25) is 0 Å². The minimum absolute atomic E-state index is 0.436. The van der Waals surface area contributed by atoms with E-state index < -0.39 is 0 Å². The van der Waals surface area contributed by atoms with Crippen molar-refractivity contribution in [2.24, 2.45) is 0 Å². The first kappa shape index (κ1) is 14.1. The standard InChI is InChI=1S/C18H22N2O/c1-13(2)16-5-3-4-6-17(16)21-18-12-19-10-9-14(18)11-20-15-7-8-15/h3-6,9-10,12-13,15,20H,7-8,11H2,1-2H3. The van der Waals surface area contributed by atoms with Crippen molar-refractivity contribution in [3.05, 3.63) is 53.9 Å². The van der Waals surface area contributed by atoms with Crippen LogP contribution in [-0.4, -0.2) is 11.0 Å². The molecule has 1 N–H and O–H groups in total. The van der Waals surface area contributed by atoms with Crippen LogP contribution in [0, 0.1) is 0 Å². The third-order valence-electron chi connectivity index (χ3n) is 3.79. The van der Waals surface area contributed by atoms with E-state index in [1.165, 1.54) is 18.4 Å². The van der Waals surface area contributed by atoms with Gasteiger partial charge in [-0.25, -0.2) is 0 Å². The summed E-state index contributed by atoms with van der Waals surface area (Å²) in [6, 6.07) is 10.9. The van der Waals surface area contributed by atoms with E-state index in [0.29, 0.717) is 12.0 Å². The third-order valence-corrected chi connectivity index (χ3v) is 3.79. The lowest BCUT2D eigenvalue weighted by molar-refractivity contribution is 0.461. The Labute approximate surface area is 126 Å². The quantitative estimate of drug-likeness (QED) is 0.860. The second kappa shape index (κ2) is 6.27. The molecule has 0 saturated heterocycles. The van der Waals surface area contributed by atoms with Crippen molar-refractivity contribution in [1.29, 1.82) is 0 Å². The molecule has 1 heterocycles. The molecule has 0 radical (unpaired) electrons. The van der Waals surface area contributed by atoms with E-state index >= 15 is 0 Å². The molecule has 3 nitrogen and oxygen atoms in total. The summed E-state index contributed by atoms with van der Waals surface area (Å²) < 4.78 is 6.15. The van der Waals surface area contributed by atoms with Crippen molar-refractivity contribution in [3.63, 3.8) is 0 Å². The Balaban J connectivity index is 1.80. The average Bonchev–Trinajstić information content (AvgIpc) is 3.31. The van der Waals surface area contributed by atoms with Gasteiger partial charge in [0.05, 0.1) is 6.20 Å². The van der Waals surface area contributed by atoms with E-state index in [1.54, 1.807) is 6.20 Å². The molecule has 21 heavy (non-hydrogen) atoms. The fourth-order valence-corrected chi connectivity index (χ4v) is 2.36. The Morgan fingerprint density at radius 1 is 1.19 bits per heavy atom. The van der Waals surface area contributed by atoms with Crippen molar-refractivity contribution in [3.8, 4) is 11.5 Å². The van der Waals surface area contributed by atoms with E-state index in [1.807, 2.05) is 24.4 Å². The Bertz CT molecular complexity index is 606. The SMILES string of the molecule is CC(C)c1ccccc1Oc1cnccc1CNC1CC1. The Hall–Kier alpha value is -1.87. The first-order valence-corrected chi connectivity index (χ1v) is 7.67. The Kier molecular flexibility index (Phi) is 4.20. The van der Waals surface area contributed by atoms with Gasteiger partial charge in [-0.05, 0) is 36.5 Å². The summed E-state index contributed by atoms with van der Waals surface area (Å²) >= 11 is 0. The molecule has 0 unspecified atom stereocenters. The van der Waals surface area contributed by atoms with Crippen LogP contribution in [0.4, 0.5) is 0 Å². The molecule has 110 valence electrons. The number of hydrogen-bond donors (Lipinski definition) is 1. The number of para-hydroxylation sites is 1. The highest BCUT2D eigenvalue weighted by atomic mass is 16.5. The van der Waals surface area contributed by atoms with Crippen molar-refractivity contribution < 1.29 is 4.74 Å².